The zero-order valence-electron chi connectivity index (χ0n) is 16.1. The van der Waals surface area contributed by atoms with Crippen LogP contribution in [0.1, 0.15) is 12.5 Å². The monoisotopic (exact) mass is 386 g/mol. The second-order valence-corrected chi connectivity index (χ2v) is 6.60. The van der Waals surface area contributed by atoms with Crippen LogP contribution in [0, 0.1) is 0 Å². The molecule has 0 atom stereocenters. The quantitative estimate of drug-likeness (QED) is 0.451. The zero-order valence-corrected chi connectivity index (χ0v) is 16.1. The number of para-hydroxylation sites is 1. The Hall–Kier alpha value is -3.73. The normalized spacial score (nSPS) is 10.7. The van der Waals surface area contributed by atoms with E-state index in [1.807, 2.05) is 85.8 Å². The molecule has 0 saturated carbocycles. The van der Waals surface area contributed by atoms with E-state index in [-0.39, 0.29) is 5.56 Å². The van der Waals surface area contributed by atoms with Gasteiger partial charge in [-0.3, -0.25) is 4.79 Å². The minimum Gasteiger partial charge on any atom is -0.494 e. The van der Waals surface area contributed by atoms with E-state index >= 15 is 0 Å². The van der Waals surface area contributed by atoms with Crippen molar-refractivity contribution in [3.8, 4) is 17.2 Å². The Morgan fingerprint density at radius 1 is 0.862 bits per heavy atom. The van der Waals surface area contributed by atoms with Gasteiger partial charge in [-0.05, 0) is 67.6 Å². The topological polar surface area (TPSA) is 63.4 Å². The molecule has 0 aliphatic rings. The number of pyridine rings is 1. The van der Waals surface area contributed by atoms with Gasteiger partial charge in [0.2, 0.25) is 0 Å². The van der Waals surface area contributed by atoms with Gasteiger partial charge in [0.15, 0.2) is 0 Å². The Labute approximate surface area is 168 Å². The first kappa shape index (κ1) is 18.6. The molecule has 5 heteroatoms. The molecule has 4 aromatic rings. The lowest BCUT2D eigenvalue weighted by Gasteiger charge is -2.10. The second-order valence-electron chi connectivity index (χ2n) is 6.60. The SMILES string of the molecule is CCOc1ccc2[nH]c(=O)c(CNc3ccc(Oc4ccccc4)cc3)cc2c1. The zero-order chi connectivity index (χ0) is 20.1. The van der Waals surface area contributed by atoms with Gasteiger partial charge in [-0.25, -0.2) is 0 Å². The highest BCUT2D eigenvalue weighted by Crippen LogP contribution is 2.23. The maximum atomic E-state index is 12.4. The summed E-state index contributed by atoms with van der Waals surface area (Å²) in [5, 5.41) is 4.23. The number of ether oxygens (including phenoxy) is 2. The third-order valence-electron chi connectivity index (χ3n) is 4.52. The minimum absolute atomic E-state index is 0.0989. The highest BCUT2D eigenvalue weighted by Gasteiger charge is 2.05. The molecule has 1 heterocycles. The van der Waals surface area contributed by atoms with Crippen LogP contribution >= 0.6 is 0 Å². The van der Waals surface area contributed by atoms with E-state index < -0.39 is 0 Å². The molecule has 3 aromatic carbocycles. The van der Waals surface area contributed by atoms with Gasteiger partial charge in [-0.15, -0.1) is 0 Å². The van der Waals surface area contributed by atoms with Crippen molar-refractivity contribution in [2.75, 3.05) is 11.9 Å². The summed E-state index contributed by atoms with van der Waals surface area (Å²) < 4.78 is 11.3. The highest BCUT2D eigenvalue weighted by molar-refractivity contribution is 5.80. The van der Waals surface area contributed by atoms with Crippen LogP contribution in [0.2, 0.25) is 0 Å². The van der Waals surface area contributed by atoms with Crippen LogP contribution in [-0.4, -0.2) is 11.6 Å². The summed E-state index contributed by atoms with van der Waals surface area (Å²) >= 11 is 0. The van der Waals surface area contributed by atoms with E-state index in [4.69, 9.17) is 9.47 Å². The Bertz CT molecular complexity index is 1150. The van der Waals surface area contributed by atoms with Crippen LogP contribution < -0.4 is 20.3 Å². The molecule has 0 aliphatic heterocycles. The molecule has 0 spiro atoms. The number of hydrogen-bond acceptors (Lipinski definition) is 4. The van der Waals surface area contributed by atoms with Crippen molar-refractivity contribution < 1.29 is 9.47 Å². The van der Waals surface area contributed by atoms with Crippen LogP contribution in [0.3, 0.4) is 0 Å². The van der Waals surface area contributed by atoms with E-state index in [9.17, 15) is 4.79 Å². The van der Waals surface area contributed by atoms with Crippen molar-refractivity contribution in [2.45, 2.75) is 13.5 Å². The summed E-state index contributed by atoms with van der Waals surface area (Å²) in [6.45, 7) is 2.97. The molecule has 29 heavy (non-hydrogen) atoms. The number of fused-ring (bicyclic) bond motifs is 1. The number of H-pyrrole nitrogens is 1. The molecule has 0 unspecified atom stereocenters. The third kappa shape index (κ3) is 4.58. The van der Waals surface area contributed by atoms with Crippen molar-refractivity contribution in [1.29, 1.82) is 0 Å². The Kier molecular flexibility index (Phi) is 5.47. The first-order valence-corrected chi connectivity index (χ1v) is 9.57. The van der Waals surface area contributed by atoms with Gasteiger partial charge < -0.3 is 19.8 Å². The highest BCUT2D eigenvalue weighted by atomic mass is 16.5. The minimum atomic E-state index is -0.0989. The van der Waals surface area contributed by atoms with Crippen molar-refractivity contribution in [1.82, 2.24) is 4.98 Å². The van der Waals surface area contributed by atoms with Gasteiger partial charge in [0.25, 0.3) is 5.56 Å². The molecule has 5 nitrogen and oxygen atoms in total. The molecule has 146 valence electrons. The van der Waals surface area contributed by atoms with Gasteiger partial charge in [0, 0.05) is 28.7 Å². The first-order chi connectivity index (χ1) is 14.2. The molecule has 0 radical (unpaired) electrons. The number of benzene rings is 3. The Morgan fingerprint density at radius 3 is 2.34 bits per heavy atom. The number of hydrogen-bond donors (Lipinski definition) is 2. The van der Waals surface area contributed by atoms with Gasteiger partial charge in [-0.1, -0.05) is 18.2 Å². The Morgan fingerprint density at radius 2 is 1.59 bits per heavy atom. The molecule has 0 aliphatic carbocycles. The summed E-state index contributed by atoms with van der Waals surface area (Å²) in [4.78, 5) is 15.3. The predicted molar refractivity (Wildman–Crippen MR) is 116 cm³/mol. The maximum absolute atomic E-state index is 12.4. The number of aromatic nitrogens is 1. The third-order valence-corrected chi connectivity index (χ3v) is 4.52. The van der Waals surface area contributed by atoms with Gasteiger partial charge in [0.05, 0.1) is 6.61 Å². The fraction of sp³-hybridized carbons (Fsp3) is 0.125. The molecule has 0 fully saturated rings. The lowest BCUT2D eigenvalue weighted by Crippen LogP contribution is -2.15. The fourth-order valence-corrected chi connectivity index (χ4v) is 3.08. The van der Waals surface area contributed by atoms with E-state index in [1.165, 1.54) is 0 Å². The molecular formula is C24H22N2O3. The van der Waals surface area contributed by atoms with Crippen molar-refractivity contribution in [2.24, 2.45) is 0 Å². The lowest BCUT2D eigenvalue weighted by atomic mass is 10.1. The second kappa shape index (κ2) is 8.52. The smallest absolute Gasteiger partial charge is 0.253 e. The average Bonchev–Trinajstić information content (AvgIpc) is 2.74. The lowest BCUT2D eigenvalue weighted by molar-refractivity contribution is 0.340. The summed E-state index contributed by atoms with van der Waals surface area (Å²) in [5.41, 5.74) is 2.27. The molecule has 0 bridgehead atoms. The average molecular weight is 386 g/mol. The summed E-state index contributed by atoms with van der Waals surface area (Å²) in [5.74, 6) is 2.34. The van der Waals surface area contributed by atoms with Crippen LogP contribution in [0.4, 0.5) is 5.69 Å². The van der Waals surface area contributed by atoms with Crippen LogP contribution in [0.15, 0.2) is 83.7 Å². The van der Waals surface area contributed by atoms with E-state index in [0.717, 1.165) is 33.8 Å². The van der Waals surface area contributed by atoms with Crippen LogP contribution in [0.5, 0.6) is 17.2 Å². The predicted octanol–water partition coefficient (Wildman–Crippen LogP) is 5.33. The van der Waals surface area contributed by atoms with Crippen LogP contribution in [0.25, 0.3) is 10.9 Å². The van der Waals surface area contributed by atoms with E-state index in [0.29, 0.717) is 18.7 Å². The number of aromatic amines is 1. The number of rotatable bonds is 7. The largest absolute Gasteiger partial charge is 0.494 e. The van der Waals surface area contributed by atoms with Crippen molar-refractivity contribution in [3.05, 3.63) is 94.8 Å². The summed E-state index contributed by atoms with van der Waals surface area (Å²) in [6.07, 6.45) is 0. The van der Waals surface area contributed by atoms with Crippen LogP contribution in [-0.2, 0) is 6.54 Å². The van der Waals surface area contributed by atoms with E-state index in [2.05, 4.69) is 10.3 Å². The van der Waals surface area contributed by atoms with Gasteiger partial charge in [-0.2, -0.15) is 0 Å². The molecule has 0 saturated heterocycles. The standard InChI is InChI=1S/C24H22N2O3/c1-2-28-22-12-13-23-17(15-22)14-18(24(27)26-23)16-25-19-8-10-21(11-9-19)29-20-6-4-3-5-7-20/h3-15,25H,2,16H2,1H3,(H,26,27). The van der Waals surface area contributed by atoms with Crippen molar-refractivity contribution in [3.63, 3.8) is 0 Å². The summed E-state index contributed by atoms with van der Waals surface area (Å²) in [7, 11) is 0. The number of anilines is 1. The van der Waals surface area contributed by atoms with Crippen molar-refractivity contribution >= 4 is 16.6 Å². The molecular weight excluding hydrogens is 364 g/mol. The molecule has 4 rings (SSSR count). The van der Waals surface area contributed by atoms with Gasteiger partial charge >= 0.3 is 0 Å². The molecule has 0 amide bonds. The van der Waals surface area contributed by atoms with Gasteiger partial charge in [0.1, 0.15) is 17.2 Å². The Balaban J connectivity index is 1.46. The molecule has 1 aromatic heterocycles. The fourth-order valence-electron chi connectivity index (χ4n) is 3.08. The first-order valence-electron chi connectivity index (χ1n) is 9.57. The summed E-state index contributed by atoms with van der Waals surface area (Å²) in [6, 6.07) is 24.9. The maximum Gasteiger partial charge on any atom is 0.253 e. The molecule has 2 N–H and O–H groups in total. The number of nitrogens with one attached hydrogen (secondary N) is 2. The van der Waals surface area contributed by atoms with E-state index in [1.54, 1.807) is 0 Å².